The fourth-order valence-electron chi connectivity index (χ4n) is 2.56. The Morgan fingerprint density at radius 2 is 1.96 bits per heavy atom. The highest BCUT2D eigenvalue weighted by molar-refractivity contribution is 7.99. The van der Waals surface area contributed by atoms with Crippen molar-refractivity contribution >= 4 is 17.7 Å². The van der Waals surface area contributed by atoms with Gasteiger partial charge in [0.05, 0.1) is 6.04 Å². The van der Waals surface area contributed by atoms with Crippen molar-refractivity contribution < 1.29 is 9.90 Å². The second-order valence-corrected chi connectivity index (χ2v) is 8.11. The SMILES string of the molecule is CC(C)(CO)CN[C@@H](Cc1ccccc1)C(=O)N1CCSCC1. The highest BCUT2D eigenvalue weighted by Gasteiger charge is 2.27. The van der Waals surface area contributed by atoms with Crippen molar-refractivity contribution in [1.82, 2.24) is 10.2 Å². The molecule has 2 N–H and O–H groups in total. The first-order valence-electron chi connectivity index (χ1n) is 8.26. The average molecular weight is 337 g/mol. The second-order valence-electron chi connectivity index (χ2n) is 6.88. The lowest BCUT2D eigenvalue weighted by molar-refractivity contribution is -0.133. The van der Waals surface area contributed by atoms with Gasteiger partial charge in [-0.1, -0.05) is 44.2 Å². The normalized spacial score (nSPS) is 17.1. The second kappa shape index (κ2) is 8.71. The summed E-state index contributed by atoms with van der Waals surface area (Å²) in [4.78, 5) is 14.9. The number of hydrogen-bond donors (Lipinski definition) is 2. The topological polar surface area (TPSA) is 52.6 Å². The summed E-state index contributed by atoms with van der Waals surface area (Å²) < 4.78 is 0. The molecular formula is C18H28N2O2S. The first-order chi connectivity index (χ1) is 11.0. The largest absolute Gasteiger partial charge is 0.396 e. The summed E-state index contributed by atoms with van der Waals surface area (Å²) in [7, 11) is 0. The molecule has 2 rings (SSSR count). The van der Waals surface area contributed by atoms with Crippen molar-refractivity contribution in [3.63, 3.8) is 0 Å². The van der Waals surface area contributed by atoms with E-state index in [2.05, 4.69) is 17.4 Å². The van der Waals surface area contributed by atoms with E-state index in [0.717, 1.165) is 30.2 Å². The Balaban J connectivity index is 2.05. The molecule has 0 spiro atoms. The number of amides is 1. The van der Waals surface area contributed by atoms with Gasteiger partial charge >= 0.3 is 0 Å². The van der Waals surface area contributed by atoms with Crippen molar-refractivity contribution in [2.45, 2.75) is 26.3 Å². The Morgan fingerprint density at radius 3 is 2.57 bits per heavy atom. The van der Waals surface area contributed by atoms with Crippen LogP contribution in [0.3, 0.4) is 0 Å². The van der Waals surface area contributed by atoms with Crippen LogP contribution in [0.5, 0.6) is 0 Å². The fraction of sp³-hybridized carbons (Fsp3) is 0.611. The number of nitrogens with zero attached hydrogens (tertiary/aromatic N) is 1. The third-order valence-electron chi connectivity index (χ3n) is 4.16. The van der Waals surface area contributed by atoms with Crippen LogP contribution >= 0.6 is 11.8 Å². The molecule has 0 aromatic heterocycles. The van der Waals surface area contributed by atoms with Gasteiger partial charge in [0.2, 0.25) is 5.91 Å². The van der Waals surface area contributed by atoms with E-state index in [4.69, 9.17) is 0 Å². The predicted molar refractivity (Wildman–Crippen MR) is 96.7 cm³/mol. The molecule has 128 valence electrons. The minimum Gasteiger partial charge on any atom is -0.396 e. The van der Waals surface area contributed by atoms with E-state index in [1.54, 1.807) is 0 Å². The quantitative estimate of drug-likeness (QED) is 0.797. The molecule has 1 aliphatic heterocycles. The molecule has 1 aromatic rings. The molecule has 0 radical (unpaired) electrons. The summed E-state index contributed by atoms with van der Waals surface area (Å²) >= 11 is 1.91. The van der Waals surface area contributed by atoms with Crippen LogP contribution in [-0.2, 0) is 11.2 Å². The van der Waals surface area contributed by atoms with Crippen LogP contribution in [-0.4, -0.2) is 59.7 Å². The molecule has 23 heavy (non-hydrogen) atoms. The number of thioether (sulfide) groups is 1. The smallest absolute Gasteiger partial charge is 0.240 e. The monoisotopic (exact) mass is 336 g/mol. The molecule has 1 aromatic carbocycles. The van der Waals surface area contributed by atoms with Gasteiger partial charge in [0.25, 0.3) is 0 Å². The average Bonchev–Trinajstić information content (AvgIpc) is 2.59. The molecule has 1 amide bonds. The molecule has 0 unspecified atom stereocenters. The van der Waals surface area contributed by atoms with Gasteiger partial charge in [0.15, 0.2) is 0 Å². The van der Waals surface area contributed by atoms with Gasteiger partial charge in [-0.25, -0.2) is 0 Å². The fourth-order valence-corrected chi connectivity index (χ4v) is 3.46. The van der Waals surface area contributed by atoms with E-state index in [0.29, 0.717) is 13.0 Å². The predicted octanol–water partition coefficient (Wildman–Crippen LogP) is 1.78. The van der Waals surface area contributed by atoms with Gasteiger partial charge in [0, 0.05) is 43.2 Å². The van der Waals surface area contributed by atoms with Gasteiger partial charge in [0.1, 0.15) is 0 Å². The lowest BCUT2D eigenvalue weighted by Gasteiger charge is -2.32. The van der Waals surface area contributed by atoms with E-state index in [1.165, 1.54) is 0 Å². The van der Waals surface area contributed by atoms with Crippen molar-refractivity contribution in [3.8, 4) is 0 Å². The zero-order chi connectivity index (χ0) is 16.7. The summed E-state index contributed by atoms with van der Waals surface area (Å²) in [6, 6.07) is 9.89. The van der Waals surface area contributed by atoms with Crippen molar-refractivity contribution in [2.24, 2.45) is 5.41 Å². The maximum absolute atomic E-state index is 12.9. The van der Waals surface area contributed by atoms with Gasteiger partial charge in [-0.3, -0.25) is 4.79 Å². The van der Waals surface area contributed by atoms with Crippen LogP contribution in [0.15, 0.2) is 30.3 Å². The lowest BCUT2D eigenvalue weighted by atomic mass is 9.94. The summed E-state index contributed by atoms with van der Waals surface area (Å²) in [5.74, 6) is 2.22. The Bertz CT molecular complexity index is 487. The standard InChI is InChI=1S/C18H28N2O2S/c1-18(2,14-21)13-19-16(12-15-6-4-3-5-7-15)17(22)20-8-10-23-11-9-20/h3-7,16,19,21H,8-14H2,1-2H3/t16-/m0/s1. The third-order valence-corrected chi connectivity index (χ3v) is 5.10. The zero-order valence-corrected chi connectivity index (χ0v) is 14.9. The van der Waals surface area contributed by atoms with Crippen molar-refractivity contribution in [2.75, 3.05) is 37.7 Å². The number of aliphatic hydroxyl groups excluding tert-OH is 1. The highest BCUT2D eigenvalue weighted by atomic mass is 32.2. The number of rotatable bonds is 7. The maximum Gasteiger partial charge on any atom is 0.240 e. The zero-order valence-electron chi connectivity index (χ0n) is 14.1. The number of carbonyl (C=O) groups is 1. The molecule has 1 atom stereocenters. The Morgan fingerprint density at radius 1 is 1.30 bits per heavy atom. The minimum atomic E-state index is -0.230. The van der Waals surface area contributed by atoms with Crippen LogP contribution in [0.4, 0.5) is 0 Å². The number of hydrogen-bond acceptors (Lipinski definition) is 4. The Labute approximate surface area is 143 Å². The number of nitrogens with one attached hydrogen (secondary N) is 1. The van der Waals surface area contributed by atoms with E-state index in [1.807, 2.05) is 48.7 Å². The van der Waals surface area contributed by atoms with Crippen LogP contribution < -0.4 is 5.32 Å². The maximum atomic E-state index is 12.9. The molecule has 1 aliphatic rings. The molecular weight excluding hydrogens is 308 g/mol. The van der Waals surface area contributed by atoms with Crippen molar-refractivity contribution in [1.29, 1.82) is 0 Å². The third kappa shape index (κ3) is 5.83. The number of benzene rings is 1. The van der Waals surface area contributed by atoms with Crippen LogP contribution in [0, 0.1) is 5.41 Å². The molecule has 0 aliphatic carbocycles. The van der Waals surface area contributed by atoms with E-state index >= 15 is 0 Å². The summed E-state index contributed by atoms with van der Waals surface area (Å²) in [5.41, 5.74) is 0.930. The Hall–Kier alpha value is -1.04. The molecule has 0 saturated carbocycles. The van der Waals surface area contributed by atoms with Gasteiger partial charge < -0.3 is 15.3 Å². The lowest BCUT2D eigenvalue weighted by Crippen LogP contribution is -2.52. The van der Waals surface area contributed by atoms with Gasteiger partial charge in [-0.05, 0) is 12.0 Å². The van der Waals surface area contributed by atoms with Gasteiger partial charge in [-0.2, -0.15) is 11.8 Å². The number of carbonyl (C=O) groups excluding carboxylic acids is 1. The molecule has 4 nitrogen and oxygen atoms in total. The molecule has 1 fully saturated rings. The summed E-state index contributed by atoms with van der Waals surface area (Å²) in [5, 5.41) is 12.8. The number of aliphatic hydroxyl groups is 1. The van der Waals surface area contributed by atoms with Crippen molar-refractivity contribution in [3.05, 3.63) is 35.9 Å². The highest BCUT2D eigenvalue weighted by Crippen LogP contribution is 2.15. The van der Waals surface area contributed by atoms with Crippen LogP contribution in [0.2, 0.25) is 0 Å². The van der Waals surface area contributed by atoms with Gasteiger partial charge in [-0.15, -0.1) is 0 Å². The molecule has 5 heteroatoms. The first kappa shape index (κ1) is 18.3. The summed E-state index contributed by atoms with van der Waals surface area (Å²) in [6.07, 6.45) is 0.685. The molecule has 1 heterocycles. The molecule has 0 bridgehead atoms. The minimum absolute atomic E-state index is 0.104. The van der Waals surface area contributed by atoms with Crippen LogP contribution in [0.1, 0.15) is 19.4 Å². The Kier molecular flexibility index (Phi) is 6.93. The van der Waals surface area contributed by atoms with E-state index in [9.17, 15) is 9.90 Å². The first-order valence-corrected chi connectivity index (χ1v) is 9.42. The summed E-state index contributed by atoms with van der Waals surface area (Å²) in [6.45, 7) is 6.39. The van der Waals surface area contributed by atoms with E-state index in [-0.39, 0.29) is 24.0 Å². The van der Waals surface area contributed by atoms with Crippen LogP contribution in [0.25, 0.3) is 0 Å². The van der Waals surface area contributed by atoms with E-state index < -0.39 is 0 Å². The molecule has 1 saturated heterocycles.